The molecule has 6 atom stereocenters. The molecule has 12 nitrogen and oxygen atoms in total. The summed E-state index contributed by atoms with van der Waals surface area (Å²) in [6.07, 6.45) is 0.142. The Morgan fingerprint density at radius 2 is 1.76 bits per heavy atom. The van der Waals surface area contributed by atoms with Gasteiger partial charge in [-0.3, -0.25) is 24.2 Å². The summed E-state index contributed by atoms with van der Waals surface area (Å²) in [5.41, 5.74) is 5.35. The summed E-state index contributed by atoms with van der Waals surface area (Å²) in [6.45, 7) is 6.81. The van der Waals surface area contributed by atoms with Gasteiger partial charge in [0.1, 0.15) is 17.8 Å². The van der Waals surface area contributed by atoms with E-state index < -0.39 is 36.2 Å². The third-order valence-corrected chi connectivity index (χ3v) is 11.0. The Bertz CT molecular complexity index is 1900. The number of piperazine rings is 1. The largest absolute Gasteiger partial charge is 0.504 e. The van der Waals surface area contributed by atoms with Gasteiger partial charge in [0.25, 0.3) is 0 Å². The van der Waals surface area contributed by atoms with Gasteiger partial charge in [-0.2, -0.15) is 0 Å². The first-order chi connectivity index (χ1) is 24.4. The summed E-state index contributed by atoms with van der Waals surface area (Å²) in [5, 5.41) is 27.1. The van der Waals surface area contributed by atoms with Crippen molar-refractivity contribution in [3.05, 3.63) is 75.3 Å². The van der Waals surface area contributed by atoms with Crippen molar-refractivity contribution in [2.75, 3.05) is 27.5 Å². The molecule has 1 fully saturated rings. The van der Waals surface area contributed by atoms with Crippen LogP contribution in [0.25, 0.3) is 0 Å². The van der Waals surface area contributed by atoms with Crippen LogP contribution in [0.5, 0.6) is 28.7 Å². The Kier molecular flexibility index (Phi) is 9.19. The highest BCUT2D eigenvalue weighted by Gasteiger charge is 2.56. The lowest BCUT2D eigenvalue weighted by molar-refractivity contribution is -0.172. The maximum absolute atomic E-state index is 13.7. The van der Waals surface area contributed by atoms with E-state index in [1.54, 1.807) is 6.92 Å². The zero-order chi connectivity index (χ0) is 36.3. The molecule has 51 heavy (non-hydrogen) atoms. The van der Waals surface area contributed by atoms with E-state index in [-0.39, 0.29) is 49.7 Å². The molecule has 0 aliphatic carbocycles. The molecule has 0 aromatic heterocycles. The first-order valence-corrected chi connectivity index (χ1v) is 17.4. The predicted octanol–water partition coefficient (Wildman–Crippen LogP) is 3.82. The van der Waals surface area contributed by atoms with Gasteiger partial charge in [-0.05, 0) is 50.4 Å². The number of aryl methyl sites for hydroxylation is 1. The molecular formula is C39H45N3O9. The van der Waals surface area contributed by atoms with Crippen molar-refractivity contribution >= 4 is 17.7 Å². The van der Waals surface area contributed by atoms with Crippen LogP contribution in [0.2, 0.25) is 0 Å². The van der Waals surface area contributed by atoms with Crippen molar-refractivity contribution in [2.24, 2.45) is 5.92 Å². The standard InChI is InChI=1S/C39H45N3O9/c1-19-12-24-15-28-39(47)42-27(32(41(28)5)30(24)33(45)34(19)48-6)16-26-31(37-36(49-18-50-37)21(3)35(26)51-22(4)43)29(42)17-40-38(46)20(2)13-25(44)14-23-10-8-7-9-11-23/h7-12,20,27-29,32,39,45,47H,13-18H2,1-6H3,(H,40,46)/t20-,27?,28+,29+,32+,39+/m1/s1. The highest BCUT2D eigenvalue weighted by molar-refractivity contribution is 5.87. The Labute approximate surface area is 297 Å². The number of benzene rings is 3. The topological polar surface area (TPSA) is 147 Å². The number of amides is 1. The number of nitrogens with one attached hydrogen (secondary N) is 1. The van der Waals surface area contributed by atoms with E-state index in [1.807, 2.05) is 62.2 Å². The van der Waals surface area contributed by atoms with Gasteiger partial charge in [0.05, 0.1) is 25.2 Å². The van der Waals surface area contributed by atoms with Crippen molar-refractivity contribution < 1.29 is 43.5 Å². The second-order valence-electron chi connectivity index (χ2n) is 14.2. The maximum Gasteiger partial charge on any atom is 0.308 e. The van der Waals surface area contributed by atoms with E-state index >= 15 is 0 Å². The summed E-state index contributed by atoms with van der Waals surface area (Å²) in [5.74, 6) is 0.319. The number of phenolic OH excluding ortho intramolecular Hbond substituents is 1. The Balaban J connectivity index is 1.29. The van der Waals surface area contributed by atoms with E-state index in [0.29, 0.717) is 52.5 Å². The van der Waals surface area contributed by atoms with Gasteiger partial charge >= 0.3 is 5.97 Å². The molecule has 4 aliphatic heterocycles. The highest BCUT2D eigenvalue weighted by atomic mass is 16.7. The van der Waals surface area contributed by atoms with Crippen molar-refractivity contribution in [1.29, 1.82) is 0 Å². The van der Waals surface area contributed by atoms with Gasteiger partial charge in [0.15, 0.2) is 23.0 Å². The second kappa shape index (κ2) is 13.5. The van der Waals surface area contributed by atoms with Crippen molar-refractivity contribution in [2.45, 2.75) is 83.8 Å². The minimum absolute atomic E-state index is 0.0356. The summed E-state index contributed by atoms with van der Waals surface area (Å²) in [7, 11) is 3.48. The number of hydrogen-bond donors (Lipinski definition) is 3. The number of rotatable bonds is 9. The molecule has 3 aromatic rings. The first kappa shape index (κ1) is 34.8. The number of likely N-dealkylation sites (N-methyl/N-ethyl adjacent to an activating group) is 1. The van der Waals surface area contributed by atoms with Crippen molar-refractivity contribution in [3.8, 4) is 28.7 Å². The number of aliphatic hydroxyl groups excluding tert-OH is 1. The number of ether oxygens (including phenoxy) is 4. The third-order valence-electron chi connectivity index (χ3n) is 11.0. The summed E-state index contributed by atoms with van der Waals surface area (Å²) >= 11 is 0. The summed E-state index contributed by atoms with van der Waals surface area (Å²) in [4.78, 5) is 43.2. The lowest BCUT2D eigenvalue weighted by Crippen LogP contribution is -2.69. The number of Topliss-reactive ketones (excluding diaryl/α,β-unsaturated/α-hetero) is 1. The fraction of sp³-hybridized carbons (Fsp3) is 0.462. The molecule has 0 saturated carbocycles. The number of nitrogens with zero attached hydrogens (tertiary/aromatic N) is 2. The molecule has 4 heterocycles. The maximum atomic E-state index is 13.7. The first-order valence-electron chi connectivity index (χ1n) is 17.4. The second-order valence-corrected chi connectivity index (χ2v) is 14.2. The summed E-state index contributed by atoms with van der Waals surface area (Å²) < 4.78 is 23.5. The van der Waals surface area contributed by atoms with E-state index in [0.717, 1.165) is 22.3 Å². The minimum atomic E-state index is -0.981. The van der Waals surface area contributed by atoms with E-state index in [4.69, 9.17) is 18.9 Å². The third kappa shape index (κ3) is 5.88. The number of phenols is 1. The average Bonchev–Trinajstić information content (AvgIpc) is 3.58. The quantitative estimate of drug-likeness (QED) is 0.221. The lowest BCUT2D eigenvalue weighted by atomic mass is 9.73. The SMILES string of the molecule is COc1c(C)cc2c(c1O)[C@@H]1C3Cc4c(OC(C)=O)c(C)c5c(c4[C@H](CNC(=O)[C@H](C)CC(=O)Cc4ccccc4)N3[C@@H](O)[C@H](C2)N1C)OCO5. The average molecular weight is 700 g/mol. The fourth-order valence-electron chi connectivity index (χ4n) is 8.82. The van der Waals surface area contributed by atoms with Gasteiger partial charge in [-0.25, -0.2) is 0 Å². The molecule has 12 heteroatoms. The minimum Gasteiger partial charge on any atom is -0.504 e. The molecule has 0 spiro atoms. The van der Waals surface area contributed by atoms with Crippen LogP contribution in [0.4, 0.5) is 0 Å². The van der Waals surface area contributed by atoms with Gasteiger partial charge in [-0.15, -0.1) is 0 Å². The molecular weight excluding hydrogens is 654 g/mol. The summed E-state index contributed by atoms with van der Waals surface area (Å²) in [6, 6.07) is 9.63. The Morgan fingerprint density at radius 1 is 1.04 bits per heavy atom. The molecule has 3 N–H and O–H groups in total. The van der Waals surface area contributed by atoms with Crippen molar-refractivity contribution in [1.82, 2.24) is 15.1 Å². The molecule has 3 aromatic carbocycles. The van der Waals surface area contributed by atoms with Crippen LogP contribution in [0.1, 0.15) is 71.3 Å². The number of carbonyl (C=O) groups excluding carboxylic acids is 3. The van der Waals surface area contributed by atoms with Crippen LogP contribution >= 0.6 is 0 Å². The Hall–Kier alpha value is -4.65. The molecule has 7 rings (SSSR count). The molecule has 1 unspecified atom stereocenters. The van der Waals surface area contributed by atoms with Crippen LogP contribution in [-0.2, 0) is 33.6 Å². The number of carbonyl (C=O) groups is 3. The normalized spacial score (nSPS) is 23.8. The smallest absolute Gasteiger partial charge is 0.308 e. The molecule has 4 aliphatic rings. The highest BCUT2D eigenvalue weighted by Crippen LogP contribution is 2.58. The number of fused-ring (bicyclic) bond motifs is 9. The van der Waals surface area contributed by atoms with Crippen molar-refractivity contribution in [3.63, 3.8) is 0 Å². The van der Waals surface area contributed by atoms with Crippen LogP contribution < -0.4 is 24.3 Å². The lowest BCUT2D eigenvalue weighted by Gasteiger charge is -2.60. The van der Waals surface area contributed by atoms with Crippen LogP contribution in [-0.4, -0.2) is 83.5 Å². The number of hydrogen-bond acceptors (Lipinski definition) is 11. The molecule has 1 amide bonds. The zero-order valence-corrected chi connectivity index (χ0v) is 29.8. The zero-order valence-electron chi connectivity index (χ0n) is 29.8. The monoisotopic (exact) mass is 699 g/mol. The van der Waals surface area contributed by atoms with E-state index in [1.165, 1.54) is 14.0 Å². The van der Waals surface area contributed by atoms with Gasteiger partial charge in [0, 0.05) is 60.5 Å². The van der Waals surface area contributed by atoms with E-state index in [9.17, 15) is 24.6 Å². The molecule has 0 radical (unpaired) electrons. The number of esters is 1. The predicted molar refractivity (Wildman–Crippen MR) is 186 cm³/mol. The number of aliphatic hydroxyl groups is 1. The Morgan fingerprint density at radius 3 is 2.47 bits per heavy atom. The van der Waals surface area contributed by atoms with Gasteiger partial charge in [-0.1, -0.05) is 43.3 Å². The van der Waals surface area contributed by atoms with Gasteiger partial charge in [0.2, 0.25) is 12.7 Å². The van der Waals surface area contributed by atoms with Crippen LogP contribution in [0.3, 0.4) is 0 Å². The number of aromatic hydroxyl groups is 1. The fourth-order valence-corrected chi connectivity index (χ4v) is 8.82. The molecule has 1 saturated heterocycles. The van der Waals surface area contributed by atoms with Gasteiger partial charge < -0.3 is 34.5 Å². The van der Waals surface area contributed by atoms with Crippen LogP contribution in [0, 0.1) is 19.8 Å². The number of methoxy groups -OCH3 is 1. The van der Waals surface area contributed by atoms with E-state index in [2.05, 4.69) is 10.2 Å². The molecule has 2 bridgehead atoms. The van der Waals surface area contributed by atoms with Crippen LogP contribution in [0.15, 0.2) is 36.4 Å². The molecule has 270 valence electrons. The number of ketones is 1.